The van der Waals surface area contributed by atoms with Gasteiger partial charge in [0.25, 0.3) is 0 Å². The Hall–Kier alpha value is -2.48. The number of carbonyl (C=O) groups is 2. The van der Waals surface area contributed by atoms with Crippen LogP contribution in [0.15, 0.2) is 42.5 Å². The fourth-order valence-electron chi connectivity index (χ4n) is 2.49. The zero-order valence-corrected chi connectivity index (χ0v) is 16.2. The lowest BCUT2D eigenvalue weighted by molar-refractivity contribution is -0.145. The molecule has 4 nitrogen and oxygen atoms in total. The van der Waals surface area contributed by atoms with Gasteiger partial charge in [0.2, 0.25) is 5.91 Å². The molecule has 0 aromatic heterocycles. The first-order valence-electron chi connectivity index (χ1n) is 8.42. The van der Waals surface area contributed by atoms with Crippen LogP contribution in [0.3, 0.4) is 0 Å². The fourth-order valence-corrected chi connectivity index (χ4v) is 3.10. The lowest BCUT2D eigenvalue weighted by atomic mass is 10.1. The lowest BCUT2D eigenvalue weighted by Crippen LogP contribution is -2.17. The maximum absolute atomic E-state index is 12.9. The highest BCUT2D eigenvalue weighted by molar-refractivity contribution is 8.00. The number of rotatable bonds is 7. The molecule has 0 aliphatic heterocycles. The summed E-state index contributed by atoms with van der Waals surface area (Å²) in [7, 11) is 0. The van der Waals surface area contributed by atoms with Crippen molar-refractivity contribution in [2.45, 2.75) is 26.6 Å². The highest BCUT2D eigenvalue weighted by atomic mass is 32.2. The van der Waals surface area contributed by atoms with Gasteiger partial charge in [-0.25, -0.2) is 0 Å². The van der Waals surface area contributed by atoms with Crippen molar-refractivity contribution in [3.05, 3.63) is 64.7 Å². The maximum atomic E-state index is 12.9. The summed E-state index contributed by atoms with van der Waals surface area (Å²) in [4.78, 5) is 23.7. The summed E-state index contributed by atoms with van der Waals surface area (Å²) in [6.45, 7) is 3.36. The van der Waals surface area contributed by atoms with Gasteiger partial charge in [-0.3, -0.25) is 9.59 Å². The van der Waals surface area contributed by atoms with Crippen LogP contribution in [-0.2, 0) is 27.1 Å². The van der Waals surface area contributed by atoms with Gasteiger partial charge in [0.1, 0.15) is 6.61 Å². The van der Waals surface area contributed by atoms with E-state index in [0.29, 0.717) is 5.69 Å². The summed E-state index contributed by atoms with van der Waals surface area (Å²) in [6, 6.07) is 10.6. The topological polar surface area (TPSA) is 55.4 Å². The Labute approximate surface area is 165 Å². The number of hydrogen-bond donors (Lipinski definition) is 1. The number of nitrogens with one attached hydrogen (secondary N) is 1. The summed E-state index contributed by atoms with van der Waals surface area (Å²) in [5.41, 5.74) is 1.77. The minimum absolute atomic E-state index is 0.0293. The first kappa shape index (κ1) is 21.8. The average Bonchev–Trinajstić information content (AvgIpc) is 2.62. The second-order valence-electron chi connectivity index (χ2n) is 6.17. The zero-order chi connectivity index (χ0) is 20.7. The smallest absolute Gasteiger partial charge is 0.416 e. The number of carbonyl (C=O) groups excluding carboxylic acids is 2. The monoisotopic (exact) mass is 411 g/mol. The van der Waals surface area contributed by atoms with Gasteiger partial charge in [0, 0.05) is 11.3 Å². The van der Waals surface area contributed by atoms with Crippen LogP contribution in [-0.4, -0.2) is 23.4 Å². The Morgan fingerprint density at radius 3 is 2.46 bits per heavy atom. The van der Waals surface area contributed by atoms with Gasteiger partial charge in [0.15, 0.2) is 0 Å². The molecular formula is C20H20F3NO3S. The molecule has 0 unspecified atom stereocenters. The van der Waals surface area contributed by atoms with E-state index in [1.54, 1.807) is 6.07 Å². The largest absolute Gasteiger partial charge is 0.460 e. The molecule has 28 heavy (non-hydrogen) atoms. The normalized spacial score (nSPS) is 11.2. The van der Waals surface area contributed by atoms with Gasteiger partial charge in [-0.1, -0.05) is 35.9 Å². The Kier molecular flexibility index (Phi) is 7.51. The van der Waals surface area contributed by atoms with E-state index in [-0.39, 0.29) is 23.0 Å². The van der Waals surface area contributed by atoms with Crippen molar-refractivity contribution in [3.63, 3.8) is 0 Å². The average molecular weight is 411 g/mol. The van der Waals surface area contributed by atoms with Crippen molar-refractivity contribution in [3.8, 4) is 0 Å². The van der Waals surface area contributed by atoms with E-state index in [9.17, 15) is 22.8 Å². The van der Waals surface area contributed by atoms with Crippen LogP contribution in [0, 0.1) is 13.8 Å². The first-order chi connectivity index (χ1) is 13.2. The van der Waals surface area contributed by atoms with E-state index in [1.807, 2.05) is 26.0 Å². The molecule has 0 spiro atoms. The number of thioether (sulfide) groups is 1. The summed E-state index contributed by atoms with van der Waals surface area (Å²) in [6.07, 6.45) is -4.51. The molecule has 1 amide bonds. The van der Waals surface area contributed by atoms with Gasteiger partial charge >= 0.3 is 12.1 Å². The third-order valence-electron chi connectivity index (χ3n) is 3.82. The van der Waals surface area contributed by atoms with E-state index >= 15 is 0 Å². The van der Waals surface area contributed by atoms with E-state index < -0.39 is 24.3 Å². The van der Waals surface area contributed by atoms with Gasteiger partial charge in [-0.15, -0.1) is 11.8 Å². The predicted molar refractivity (Wildman–Crippen MR) is 103 cm³/mol. The van der Waals surface area contributed by atoms with Crippen molar-refractivity contribution < 1.29 is 27.5 Å². The van der Waals surface area contributed by atoms with Gasteiger partial charge < -0.3 is 10.1 Å². The molecule has 2 aromatic carbocycles. The van der Waals surface area contributed by atoms with E-state index in [1.165, 1.54) is 18.2 Å². The molecule has 2 aromatic rings. The van der Waals surface area contributed by atoms with Crippen molar-refractivity contribution in [1.82, 2.24) is 0 Å². The molecule has 2 rings (SSSR count). The number of hydrogen-bond acceptors (Lipinski definition) is 4. The number of aryl methyl sites for hydroxylation is 2. The molecule has 0 fully saturated rings. The first-order valence-corrected chi connectivity index (χ1v) is 9.58. The van der Waals surface area contributed by atoms with Crippen molar-refractivity contribution in [1.29, 1.82) is 0 Å². The third kappa shape index (κ3) is 6.60. The second kappa shape index (κ2) is 9.64. The molecule has 150 valence electrons. The quantitative estimate of drug-likeness (QED) is 0.669. The molecule has 0 radical (unpaired) electrons. The molecular weight excluding hydrogens is 391 g/mol. The number of alkyl halides is 3. The highest BCUT2D eigenvalue weighted by Gasteiger charge is 2.33. The molecule has 0 saturated carbocycles. The van der Waals surface area contributed by atoms with Crippen LogP contribution in [0.4, 0.5) is 18.9 Å². The highest BCUT2D eigenvalue weighted by Crippen LogP contribution is 2.32. The number of benzene rings is 2. The summed E-state index contributed by atoms with van der Waals surface area (Å²) < 4.78 is 43.6. The van der Waals surface area contributed by atoms with Crippen molar-refractivity contribution >= 4 is 29.3 Å². The molecule has 0 aliphatic carbocycles. The number of ether oxygens (including phenoxy) is 1. The van der Waals surface area contributed by atoms with E-state index in [4.69, 9.17) is 4.74 Å². The van der Waals surface area contributed by atoms with Gasteiger partial charge in [-0.05, 0) is 31.5 Å². The summed E-state index contributed by atoms with van der Waals surface area (Å²) in [5, 5.41) is 2.76. The number of amides is 1. The molecule has 1 N–H and O–H groups in total. The summed E-state index contributed by atoms with van der Waals surface area (Å²) in [5.74, 6) is -1.05. The Balaban J connectivity index is 1.77. The van der Waals surface area contributed by atoms with Crippen LogP contribution in [0.25, 0.3) is 0 Å². The third-order valence-corrected chi connectivity index (χ3v) is 4.73. The molecule has 0 heterocycles. The predicted octanol–water partition coefficient (Wildman–Crippen LogP) is 4.74. The summed E-state index contributed by atoms with van der Waals surface area (Å²) >= 11 is 1.03. The van der Waals surface area contributed by atoms with Crippen LogP contribution in [0.2, 0.25) is 0 Å². The second-order valence-corrected chi connectivity index (χ2v) is 7.16. The van der Waals surface area contributed by atoms with Crippen molar-refractivity contribution in [2.75, 3.05) is 16.8 Å². The van der Waals surface area contributed by atoms with Gasteiger partial charge in [-0.2, -0.15) is 13.2 Å². The van der Waals surface area contributed by atoms with Crippen molar-refractivity contribution in [2.24, 2.45) is 0 Å². The minimum atomic E-state index is -4.51. The van der Waals surface area contributed by atoms with Gasteiger partial charge in [0.05, 0.1) is 17.1 Å². The van der Waals surface area contributed by atoms with Crippen LogP contribution in [0.1, 0.15) is 22.3 Å². The zero-order valence-electron chi connectivity index (χ0n) is 15.4. The number of esters is 1. The SMILES string of the molecule is Cc1ccc(NC(=O)CSCC(=O)OCc2ccccc2C(F)(F)F)c(C)c1. The lowest BCUT2D eigenvalue weighted by Gasteiger charge is -2.12. The maximum Gasteiger partial charge on any atom is 0.416 e. The Morgan fingerprint density at radius 2 is 1.79 bits per heavy atom. The van der Waals surface area contributed by atoms with E-state index in [2.05, 4.69) is 5.32 Å². The van der Waals surface area contributed by atoms with Crippen LogP contribution < -0.4 is 5.32 Å². The van der Waals surface area contributed by atoms with Crippen LogP contribution in [0.5, 0.6) is 0 Å². The fraction of sp³-hybridized carbons (Fsp3) is 0.300. The number of anilines is 1. The Bertz CT molecular complexity index is 853. The van der Waals surface area contributed by atoms with E-state index in [0.717, 1.165) is 29.0 Å². The molecule has 0 atom stereocenters. The molecule has 0 saturated heterocycles. The molecule has 8 heteroatoms. The molecule has 0 aliphatic rings. The number of halogens is 3. The standard InChI is InChI=1S/C20H20F3NO3S/c1-13-7-8-17(14(2)9-13)24-18(25)11-28-12-19(26)27-10-15-5-3-4-6-16(15)20(21,22)23/h3-9H,10-12H2,1-2H3,(H,24,25). The Morgan fingerprint density at radius 1 is 1.07 bits per heavy atom. The van der Waals surface area contributed by atoms with Crippen LogP contribution >= 0.6 is 11.8 Å². The minimum Gasteiger partial charge on any atom is -0.460 e. The molecule has 0 bridgehead atoms.